The van der Waals surface area contributed by atoms with E-state index in [1.807, 2.05) is 32.0 Å². The number of rotatable bonds is 6. The van der Waals surface area contributed by atoms with E-state index in [0.29, 0.717) is 23.3 Å². The molecule has 1 fully saturated rings. The maximum absolute atomic E-state index is 12.4. The highest BCUT2D eigenvalue weighted by molar-refractivity contribution is 6.03. The van der Waals surface area contributed by atoms with Crippen molar-refractivity contribution < 1.29 is 9.53 Å². The Hall–Kier alpha value is -2.63. The van der Waals surface area contributed by atoms with E-state index in [-0.39, 0.29) is 17.7 Å². The summed E-state index contributed by atoms with van der Waals surface area (Å²) in [6.07, 6.45) is 7.97. The Morgan fingerprint density at radius 2 is 1.92 bits per heavy atom. The van der Waals surface area contributed by atoms with Gasteiger partial charge in [0.1, 0.15) is 17.3 Å². The molecule has 1 aromatic carbocycles. The summed E-state index contributed by atoms with van der Waals surface area (Å²) >= 11 is 0. The zero-order chi connectivity index (χ0) is 17.6. The van der Waals surface area contributed by atoms with Crippen molar-refractivity contribution in [3.63, 3.8) is 0 Å². The quantitative estimate of drug-likeness (QED) is 0.835. The highest BCUT2D eigenvalue weighted by Crippen LogP contribution is 2.25. The van der Waals surface area contributed by atoms with Crippen LogP contribution in [-0.2, 0) is 0 Å². The Balaban J connectivity index is 1.65. The first kappa shape index (κ1) is 17.2. The summed E-state index contributed by atoms with van der Waals surface area (Å²) in [5.41, 5.74) is 0.896. The maximum atomic E-state index is 12.4. The van der Waals surface area contributed by atoms with Crippen LogP contribution in [0.1, 0.15) is 50.0 Å². The molecule has 1 saturated carbocycles. The molecule has 0 unspecified atom stereocenters. The van der Waals surface area contributed by atoms with Gasteiger partial charge < -0.3 is 15.4 Å². The number of aromatic nitrogens is 2. The molecule has 1 aromatic heterocycles. The van der Waals surface area contributed by atoms with E-state index in [4.69, 9.17) is 4.74 Å². The third-order valence-electron chi connectivity index (χ3n) is 4.09. The number of carbonyl (C=O) groups is 1. The number of ether oxygens (including phenoxy) is 1. The SMILES string of the molecule is CC(C)Oc1ccccc1NC(=O)c1cnc(NC2CCCC2)cn1. The first-order valence-corrected chi connectivity index (χ1v) is 8.77. The zero-order valence-corrected chi connectivity index (χ0v) is 14.7. The molecular weight excluding hydrogens is 316 g/mol. The zero-order valence-electron chi connectivity index (χ0n) is 14.7. The maximum Gasteiger partial charge on any atom is 0.275 e. The van der Waals surface area contributed by atoms with Gasteiger partial charge in [-0.05, 0) is 38.8 Å². The van der Waals surface area contributed by atoms with Gasteiger partial charge >= 0.3 is 0 Å². The fraction of sp³-hybridized carbons (Fsp3) is 0.421. The van der Waals surface area contributed by atoms with Crippen molar-refractivity contribution >= 4 is 17.4 Å². The summed E-state index contributed by atoms with van der Waals surface area (Å²) in [7, 11) is 0. The van der Waals surface area contributed by atoms with Crippen LogP contribution in [0.25, 0.3) is 0 Å². The third-order valence-corrected chi connectivity index (χ3v) is 4.09. The van der Waals surface area contributed by atoms with Gasteiger partial charge in [0.25, 0.3) is 5.91 Å². The number of para-hydroxylation sites is 2. The fourth-order valence-electron chi connectivity index (χ4n) is 2.91. The van der Waals surface area contributed by atoms with Gasteiger partial charge in [-0.15, -0.1) is 0 Å². The Morgan fingerprint density at radius 3 is 2.60 bits per heavy atom. The van der Waals surface area contributed by atoms with Crippen LogP contribution in [0, 0.1) is 0 Å². The molecule has 132 valence electrons. The lowest BCUT2D eigenvalue weighted by Gasteiger charge is -2.15. The lowest BCUT2D eigenvalue weighted by molar-refractivity contribution is 0.102. The van der Waals surface area contributed by atoms with Gasteiger partial charge in [0, 0.05) is 6.04 Å². The molecule has 1 aliphatic rings. The summed E-state index contributed by atoms with van der Waals surface area (Å²) in [6.45, 7) is 3.89. The summed E-state index contributed by atoms with van der Waals surface area (Å²) in [4.78, 5) is 21.0. The molecule has 1 amide bonds. The standard InChI is InChI=1S/C19H24N4O2/c1-13(2)25-17-10-6-5-9-15(17)23-19(24)16-11-21-18(12-20-16)22-14-7-3-4-8-14/h5-6,9-14H,3-4,7-8H2,1-2H3,(H,21,22)(H,23,24). The molecule has 0 aliphatic heterocycles. The number of carbonyl (C=O) groups excluding carboxylic acids is 1. The topological polar surface area (TPSA) is 76.1 Å². The molecule has 6 heteroatoms. The summed E-state index contributed by atoms with van der Waals surface area (Å²) < 4.78 is 5.71. The molecule has 0 saturated heterocycles. The second-order valence-corrected chi connectivity index (χ2v) is 6.53. The van der Waals surface area contributed by atoms with Crippen molar-refractivity contribution in [3.8, 4) is 5.75 Å². The first-order valence-electron chi connectivity index (χ1n) is 8.77. The van der Waals surface area contributed by atoms with E-state index >= 15 is 0 Å². The van der Waals surface area contributed by atoms with Crippen LogP contribution in [-0.4, -0.2) is 28.0 Å². The van der Waals surface area contributed by atoms with Crippen LogP contribution < -0.4 is 15.4 Å². The van der Waals surface area contributed by atoms with Gasteiger partial charge in [-0.25, -0.2) is 9.97 Å². The van der Waals surface area contributed by atoms with Gasteiger partial charge in [-0.3, -0.25) is 4.79 Å². The minimum atomic E-state index is -0.306. The number of hydrogen-bond acceptors (Lipinski definition) is 5. The van der Waals surface area contributed by atoms with Gasteiger partial charge in [0.05, 0.1) is 24.2 Å². The van der Waals surface area contributed by atoms with Crippen molar-refractivity contribution in [2.45, 2.75) is 51.7 Å². The monoisotopic (exact) mass is 340 g/mol. The molecular formula is C19H24N4O2. The molecule has 2 aromatic rings. The number of hydrogen-bond donors (Lipinski definition) is 2. The van der Waals surface area contributed by atoms with Gasteiger partial charge in [-0.2, -0.15) is 0 Å². The molecule has 1 aliphatic carbocycles. The van der Waals surface area contributed by atoms with Crippen LogP contribution in [0.2, 0.25) is 0 Å². The van der Waals surface area contributed by atoms with Crippen molar-refractivity contribution in [2.24, 2.45) is 0 Å². The van der Waals surface area contributed by atoms with E-state index in [1.54, 1.807) is 12.3 Å². The lowest BCUT2D eigenvalue weighted by atomic mass is 10.2. The predicted molar refractivity (Wildman–Crippen MR) is 98.1 cm³/mol. The van der Waals surface area contributed by atoms with E-state index in [2.05, 4.69) is 20.6 Å². The van der Waals surface area contributed by atoms with Crippen LogP contribution in [0.3, 0.4) is 0 Å². The Bertz CT molecular complexity index is 710. The number of nitrogens with one attached hydrogen (secondary N) is 2. The van der Waals surface area contributed by atoms with Gasteiger partial charge in [-0.1, -0.05) is 25.0 Å². The molecule has 0 spiro atoms. The minimum Gasteiger partial charge on any atom is -0.489 e. The van der Waals surface area contributed by atoms with Crippen molar-refractivity contribution in [3.05, 3.63) is 42.4 Å². The molecule has 6 nitrogen and oxygen atoms in total. The second-order valence-electron chi connectivity index (χ2n) is 6.53. The number of amides is 1. The van der Waals surface area contributed by atoms with Crippen molar-refractivity contribution in [1.82, 2.24) is 9.97 Å². The number of benzene rings is 1. The summed E-state index contributed by atoms with van der Waals surface area (Å²) in [5, 5.41) is 6.20. The van der Waals surface area contributed by atoms with Crippen molar-refractivity contribution in [1.29, 1.82) is 0 Å². The van der Waals surface area contributed by atoms with Gasteiger partial charge in [0.2, 0.25) is 0 Å². The van der Waals surface area contributed by atoms with Crippen LogP contribution >= 0.6 is 0 Å². The summed E-state index contributed by atoms with van der Waals surface area (Å²) in [5.74, 6) is 1.05. The molecule has 0 atom stereocenters. The highest BCUT2D eigenvalue weighted by atomic mass is 16.5. The molecule has 25 heavy (non-hydrogen) atoms. The predicted octanol–water partition coefficient (Wildman–Crippen LogP) is 3.87. The molecule has 1 heterocycles. The lowest BCUT2D eigenvalue weighted by Crippen LogP contribution is -2.18. The largest absolute Gasteiger partial charge is 0.489 e. The first-order chi connectivity index (χ1) is 12.1. The van der Waals surface area contributed by atoms with E-state index in [9.17, 15) is 4.79 Å². The average molecular weight is 340 g/mol. The van der Waals surface area contributed by atoms with E-state index in [0.717, 1.165) is 12.8 Å². The van der Waals surface area contributed by atoms with Crippen LogP contribution in [0.4, 0.5) is 11.5 Å². The third kappa shape index (κ3) is 4.68. The molecule has 3 rings (SSSR count). The van der Waals surface area contributed by atoms with Crippen molar-refractivity contribution in [2.75, 3.05) is 10.6 Å². The molecule has 0 radical (unpaired) electrons. The average Bonchev–Trinajstić information content (AvgIpc) is 3.10. The Labute approximate surface area is 148 Å². The molecule has 2 N–H and O–H groups in total. The summed E-state index contributed by atoms with van der Waals surface area (Å²) in [6, 6.07) is 7.82. The second kappa shape index (κ2) is 7.96. The minimum absolute atomic E-state index is 0.0267. The smallest absolute Gasteiger partial charge is 0.275 e. The Kier molecular flexibility index (Phi) is 5.48. The number of anilines is 2. The van der Waals surface area contributed by atoms with E-state index in [1.165, 1.54) is 19.0 Å². The van der Waals surface area contributed by atoms with Gasteiger partial charge in [0.15, 0.2) is 0 Å². The normalized spacial score (nSPS) is 14.5. The Morgan fingerprint density at radius 1 is 1.16 bits per heavy atom. The van der Waals surface area contributed by atoms with E-state index < -0.39 is 0 Å². The van der Waals surface area contributed by atoms with Crippen LogP contribution in [0.15, 0.2) is 36.7 Å². The van der Waals surface area contributed by atoms with Crippen LogP contribution in [0.5, 0.6) is 5.75 Å². The molecule has 0 bridgehead atoms. The highest BCUT2D eigenvalue weighted by Gasteiger charge is 2.16. The number of nitrogens with zero attached hydrogens (tertiary/aromatic N) is 2. The fourth-order valence-corrected chi connectivity index (χ4v) is 2.91.